The Balaban J connectivity index is 1.28. The van der Waals surface area contributed by atoms with Gasteiger partial charge in [-0.1, -0.05) is 32.0 Å². The lowest BCUT2D eigenvalue weighted by Crippen LogP contribution is -2.44. The molecule has 0 amide bonds. The minimum absolute atomic E-state index is 0.330. The van der Waals surface area contributed by atoms with E-state index >= 15 is 4.39 Å². The minimum Gasteiger partial charge on any atom is -0.378 e. The van der Waals surface area contributed by atoms with Gasteiger partial charge in [0, 0.05) is 6.61 Å². The van der Waals surface area contributed by atoms with Gasteiger partial charge in [-0.2, -0.15) is 0 Å². The second-order valence-corrected chi connectivity index (χ2v) is 17.4. The van der Waals surface area contributed by atoms with Gasteiger partial charge in [0.05, 0.1) is 6.10 Å². The second-order valence-electron chi connectivity index (χ2n) is 13.0. The van der Waals surface area contributed by atoms with Crippen LogP contribution in [-0.2, 0) is 11.2 Å². The van der Waals surface area contributed by atoms with Crippen molar-refractivity contribution in [3.63, 3.8) is 0 Å². The fourth-order valence-corrected chi connectivity index (χ4v) is 12.1. The Hall–Kier alpha value is -0.540. The molecule has 1 saturated heterocycles. The summed E-state index contributed by atoms with van der Waals surface area (Å²) in [6.45, 7) is 5.95. The van der Waals surface area contributed by atoms with E-state index < -0.39 is 16.2 Å². The fraction of sp³-hybridized carbons (Fsp3) is 0.800. The Morgan fingerprint density at radius 3 is 2.58 bits per heavy atom. The zero-order valence-corrected chi connectivity index (χ0v) is 22.2. The van der Waals surface area contributed by atoms with Crippen molar-refractivity contribution in [2.45, 2.75) is 101 Å². The van der Waals surface area contributed by atoms with Gasteiger partial charge in [0.2, 0.25) is 0 Å². The van der Waals surface area contributed by atoms with E-state index in [2.05, 4.69) is 44.6 Å². The van der Waals surface area contributed by atoms with Crippen LogP contribution in [0.3, 0.4) is 0 Å². The standard InChI is InChI=1S/C30H45FOS/c1-5-33(3,4)28-19-26-24-18-27(31)25-17-20(16-21-8-6-7-15-32-21)9-10-22(25)23(24)11-12-29(26,2)30(28)13-14-30/h9-10,17,21,23-24,26-28H,5-8,11-16,18-19H2,1-4H3. The first kappa shape index (κ1) is 22.9. The van der Waals surface area contributed by atoms with Crippen LogP contribution >= 0.6 is 10.0 Å². The van der Waals surface area contributed by atoms with Gasteiger partial charge < -0.3 is 4.74 Å². The molecule has 1 aromatic carbocycles. The first-order valence-corrected chi connectivity index (χ1v) is 16.6. The third-order valence-electron chi connectivity index (χ3n) is 11.5. The number of hydrogen-bond acceptors (Lipinski definition) is 1. The molecule has 1 aromatic rings. The van der Waals surface area contributed by atoms with Crippen molar-refractivity contribution in [2.24, 2.45) is 22.7 Å². The molecule has 0 aromatic heterocycles. The monoisotopic (exact) mass is 472 g/mol. The maximum atomic E-state index is 15.9. The van der Waals surface area contributed by atoms with E-state index in [1.54, 1.807) is 0 Å². The van der Waals surface area contributed by atoms with E-state index in [1.807, 2.05) is 0 Å². The quantitative estimate of drug-likeness (QED) is 0.432. The van der Waals surface area contributed by atoms with Crippen LogP contribution in [0.1, 0.15) is 100 Å². The molecule has 0 bridgehead atoms. The summed E-state index contributed by atoms with van der Waals surface area (Å²) in [5.41, 5.74) is 4.72. The molecule has 0 N–H and O–H groups in total. The highest BCUT2D eigenvalue weighted by Crippen LogP contribution is 2.81. The summed E-state index contributed by atoms with van der Waals surface area (Å²) in [6.07, 6.45) is 17.0. The molecule has 1 nitrogen and oxygen atoms in total. The molecule has 1 aliphatic heterocycles. The Morgan fingerprint density at radius 1 is 1.06 bits per heavy atom. The van der Waals surface area contributed by atoms with Gasteiger partial charge in [0.25, 0.3) is 0 Å². The highest BCUT2D eigenvalue weighted by atomic mass is 32.3. The molecule has 184 valence electrons. The van der Waals surface area contributed by atoms with Crippen LogP contribution in [0, 0.1) is 22.7 Å². The van der Waals surface area contributed by atoms with E-state index in [-0.39, 0.29) is 0 Å². The Bertz CT molecular complexity index is 901. The van der Waals surface area contributed by atoms with Crippen LogP contribution < -0.4 is 0 Å². The van der Waals surface area contributed by atoms with E-state index in [1.165, 1.54) is 61.8 Å². The van der Waals surface area contributed by atoms with Crippen LogP contribution in [-0.4, -0.2) is 36.2 Å². The highest BCUT2D eigenvalue weighted by molar-refractivity contribution is 8.33. The third kappa shape index (κ3) is 3.41. The lowest BCUT2D eigenvalue weighted by molar-refractivity contribution is 0.00518. The van der Waals surface area contributed by atoms with E-state index in [4.69, 9.17) is 4.74 Å². The number of ether oxygens (including phenoxy) is 1. The van der Waals surface area contributed by atoms with Crippen molar-refractivity contribution in [3.8, 4) is 0 Å². The number of halogens is 1. The summed E-state index contributed by atoms with van der Waals surface area (Å²) in [4.78, 5) is 0. The summed E-state index contributed by atoms with van der Waals surface area (Å²) in [6, 6.07) is 6.87. The SMILES string of the molecule is CCS(C)(C)C1CC2C3CC(F)c4cc(CC5CCCCO5)ccc4C3CCC2(C)C12CC2. The lowest BCUT2D eigenvalue weighted by atomic mass is 9.53. The van der Waals surface area contributed by atoms with E-state index in [9.17, 15) is 0 Å². The van der Waals surface area contributed by atoms with Gasteiger partial charge in [0.1, 0.15) is 6.17 Å². The first-order valence-electron chi connectivity index (χ1n) is 13.9. The Labute approximate surface area is 202 Å². The molecule has 7 atom stereocenters. The first-order chi connectivity index (χ1) is 15.8. The molecular formula is C30H45FOS. The molecule has 0 radical (unpaired) electrons. The molecule has 3 heteroatoms. The van der Waals surface area contributed by atoms with Crippen LogP contribution in [0.2, 0.25) is 0 Å². The third-order valence-corrected chi connectivity index (χ3v) is 15.1. The molecule has 4 aliphatic carbocycles. The predicted molar refractivity (Wildman–Crippen MR) is 139 cm³/mol. The molecule has 4 fully saturated rings. The van der Waals surface area contributed by atoms with Gasteiger partial charge in [-0.15, -0.1) is 0 Å². The average molecular weight is 473 g/mol. The Kier molecular flexibility index (Phi) is 5.54. The van der Waals surface area contributed by atoms with Gasteiger partial charge in [-0.3, -0.25) is 0 Å². The maximum absolute atomic E-state index is 15.9. The van der Waals surface area contributed by atoms with Crippen LogP contribution in [0.15, 0.2) is 18.2 Å². The topological polar surface area (TPSA) is 9.23 Å². The molecule has 3 saturated carbocycles. The van der Waals surface area contributed by atoms with Gasteiger partial charge in [0.15, 0.2) is 0 Å². The molecule has 6 rings (SSSR count). The summed E-state index contributed by atoms with van der Waals surface area (Å²) < 4.78 is 21.8. The highest BCUT2D eigenvalue weighted by Gasteiger charge is 2.72. The summed E-state index contributed by atoms with van der Waals surface area (Å²) in [7, 11) is -0.577. The van der Waals surface area contributed by atoms with Crippen molar-refractivity contribution in [2.75, 3.05) is 24.9 Å². The van der Waals surface area contributed by atoms with Crippen molar-refractivity contribution in [3.05, 3.63) is 34.9 Å². The number of benzene rings is 1. The van der Waals surface area contributed by atoms with Gasteiger partial charge in [-0.05, 0) is 133 Å². The zero-order chi connectivity index (χ0) is 23.0. The number of alkyl halides is 1. The van der Waals surface area contributed by atoms with Crippen molar-refractivity contribution >= 4 is 10.0 Å². The molecule has 33 heavy (non-hydrogen) atoms. The molecule has 1 spiro atoms. The van der Waals surface area contributed by atoms with E-state index in [0.29, 0.717) is 28.8 Å². The molecule has 7 unspecified atom stereocenters. The smallest absolute Gasteiger partial charge is 0.126 e. The Morgan fingerprint density at radius 2 is 1.88 bits per heavy atom. The number of hydrogen-bond donors (Lipinski definition) is 0. The predicted octanol–water partition coefficient (Wildman–Crippen LogP) is 7.97. The van der Waals surface area contributed by atoms with Crippen molar-refractivity contribution in [1.82, 2.24) is 0 Å². The summed E-state index contributed by atoms with van der Waals surface area (Å²) in [5, 5.41) is 0.904. The largest absolute Gasteiger partial charge is 0.378 e. The summed E-state index contributed by atoms with van der Waals surface area (Å²) in [5.74, 6) is 3.20. The van der Waals surface area contributed by atoms with Crippen LogP contribution in [0.5, 0.6) is 0 Å². The normalized spacial score (nSPS) is 41.8. The molecular weight excluding hydrogens is 427 g/mol. The number of rotatable bonds is 4. The van der Waals surface area contributed by atoms with Crippen LogP contribution in [0.25, 0.3) is 0 Å². The van der Waals surface area contributed by atoms with Crippen LogP contribution in [0.4, 0.5) is 4.39 Å². The fourth-order valence-electron chi connectivity index (χ4n) is 9.26. The van der Waals surface area contributed by atoms with Gasteiger partial charge >= 0.3 is 0 Å². The molecule has 5 aliphatic rings. The maximum Gasteiger partial charge on any atom is 0.126 e. The zero-order valence-electron chi connectivity index (χ0n) is 21.4. The van der Waals surface area contributed by atoms with Crippen molar-refractivity contribution in [1.29, 1.82) is 0 Å². The second kappa shape index (κ2) is 7.99. The molecule has 1 heterocycles. The number of fused-ring (bicyclic) bond motifs is 6. The average Bonchev–Trinajstić information content (AvgIpc) is 3.56. The summed E-state index contributed by atoms with van der Waals surface area (Å²) >= 11 is 0. The minimum atomic E-state index is -0.781. The van der Waals surface area contributed by atoms with Crippen molar-refractivity contribution < 1.29 is 9.13 Å². The van der Waals surface area contributed by atoms with Gasteiger partial charge in [-0.25, -0.2) is 14.4 Å². The van der Waals surface area contributed by atoms with E-state index in [0.717, 1.165) is 42.6 Å². The lowest BCUT2D eigenvalue weighted by Gasteiger charge is -2.52.